The number of carbonyl (C=O) groups is 2. The molecule has 0 aliphatic carbocycles. The molecule has 2 heterocycles. The van der Waals surface area contributed by atoms with E-state index in [0.29, 0.717) is 11.1 Å². The van der Waals surface area contributed by atoms with Gasteiger partial charge in [0, 0.05) is 18.2 Å². The third-order valence-corrected chi connectivity index (χ3v) is 4.17. The van der Waals surface area contributed by atoms with Gasteiger partial charge < -0.3 is 29.9 Å². The highest BCUT2D eigenvalue weighted by Gasteiger charge is 2.40. The minimum absolute atomic E-state index is 0.107. The molecule has 0 bridgehead atoms. The van der Waals surface area contributed by atoms with E-state index in [4.69, 9.17) is 9.47 Å². The summed E-state index contributed by atoms with van der Waals surface area (Å²) in [6, 6.07) is 8.53. The lowest BCUT2D eigenvalue weighted by Gasteiger charge is -2.35. The van der Waals surface area contributed by atoms with Crippen molar-refractivity contribution in [2.24, 2.45) is 0 Å². The van der Waals surface area contributed by atoms with Crippen LogP contribution in [0.4, 0.5) is 0 Å². The third-order valence-electron chi connectivity index (χ3n) is 4.17. The Morgan fingerprint density at radius 3 is 2.80 bits per heavy atom. The fourth-order valence-corrected chi connectivity index (χ4v) is 2.76. The molecule has 1 saturated heterocycles. The molecule has 8 nitrogen and oxygen atoms in total. The quantitative estimate of drug-likeness (QED) is 0.654. The first kappa shape index (κ1) is 17.4. The number of benzene rings is 1. The molecule has 0 saturated carbocycles. The fraction of sp³-hybridized carbons (Fsp3) is 0.412. The highest BCUT2D eigenvalue weighted by molar-refractivity contribution is 5.93. The molecule has 8 heteroatoms. The molecule has 4 atom stereocenters. The van der Waals surface area contributed by atoms with Gasteiger partial charge in [0.05, 0.1) is 11.7 Å². The molecule has 1 aromatic carbocycles. The van der Waals surface area contributed by atoms with E-state index in [1.165, 1.54) is 11.1 Å². The maximum absolute atomic E-state index is 12.0. The van der Waals surface area contributed by atoms with Crippen molar-refractivity contribution in [3.8, 4) is 0 Å². The van der Waals surface area contributed by atoms with Gasteiger partial charge in [0.15, 0.2) is 0 Å². The predicted molar refractivity (Wildman–Crippen MR) is 85.8 cm³/mol. The first-order valence-corrected chi connectivity index (χ1v) is 7.96. The summed E-state index contributed by atoms with van der Waals surface area (Å²) < 4.78 is 10.9. The van der Waals surface area contributed by atoms with Gasteiger partial charge in [-0.2, -0.15) is 0 Å². The molecule has 1 fully saturated rings. The van der Waals surface area contributed by atoms with Crippen LogP contribution >= 0.6 is 0 Å². The van der Waals surface area contributed by atoms with Gasteiger partial charge in [-0.05, 0) is 19.1 Å². The van der Waals surface area contributed by atoms with Gasteiger partial charge in [-0.25, -0.2) is 4.79 Å². The van der Waals surface area contributed by atoms with Gasteiger partial charge in [-0.1, -0.05) is 18.2 Å². The van der Waals surface area contributed by atoms with E-state index in [9.17, 15) is 19.8 Å². The Hall–Kier alpha value is -2.42. The summed E-state index contributed by atoms with van der Waals surface area (Å²) in [5.74, 6) is -0.864. The second-order valence-electron chi connectivity index (χ2n) is 6.00. The predicted octanol–water partition coefficient (Wildman–Crippen LogP) is -0.0692. The number of ether oxygens (including phenoxy) is 2. The number of rotatable bonds is 4. The molecule has 0 aromatic heterocycles. The Balaban J connectivity index is 1.58. The SMILES string of the molecule is CC1=CN([C@H]2C[C@@H](O)[C@H](COC(=O)c3ccccc3)O2)C(O)NC1=O. The van der Waals surface area contributed by atoms with Gasteiger partial charge in [0.2, 0.25) is 6.35 Å². The Bertz CT molecular complexity index is 677. The summed E-state index contributed by atoms with van der Waals surface area (Å²) in [5, 5.41) is 22.5. The summed E-state index contributed by atoms with van der Waals surface area (Å²) in [7, 11) is 0. The molecule has 3 N–H and O–H groups in total. The summed E-state index contributed by atoms with van der Waals surface area (Å²) in [6.07, 6.45) is -1.74. The molecule has 0 spiro atoms. The first-order valence-electron chi connectivity index (χ1n) is 7.96. The molecule has 2 aliphatic heterocycles. The molecule has 1 aromatic rings. The zero-order chi connectivity index (χ0) is 18.0. The van der Waals surface area contributed by atoms with Crippen LogP contribution in [0.25, 0.3) is 0 Å². The number of nitrogens with zero attached hydrogens (tertiary/aromatic N) is 1. The summed E-state index contributed by atoms with van der Waals surface area (Å²) >= 11 is 0. The van der Waals surface area contributed by atoms with E-state index in [1.54, 1.807) is 37.3 Å². The van der Waals surface area contributed by atoms with Crippen LogP contribution in [0.1, 0.15) is 23.7 Å². The number of hydrogen-bond donors (Lipinski definition) is 3. The largest absolute Gasteiger partial charge is 0.459 e. The molecule has 0 radical (unpaired) electrons. The van der Waals surface area contributed by atoms with Crippen molar-refractivity contribution in [2.45, 2.75) is 38.1 Å². The summed E-state index contributed by atoms with van der Waals surface area (Å²) in [6.45, 7) is 1.50. The van der Waals surface area contributed by atoms with Crippen LogP contribution in [-0.4, -0.2) is 58.4 Å². The van der Waals surface area contributed by atoms with Crippen LogP contribution in [0.15, 0.2) is 42.1 Å². The molecule has 1 unspecified atom stereocenters. The van der Waals surface area contributed by atoms with Gasteiger partial charge in [0.25, 0.3) is 5.91 Å². The highest BCUT2D eigenvalue weighted by Crippen LogP contribution is 2.26. The van der Waals surface area contributed by atoms with Crippen LogP contribution in [0.5, 0.6) is 0 Å². The molecule has 25 heavy (non-hydrogen) atoms. The molecule has 1 amide bonds. The van der Waals surface area contributed by atoms with E-state index in [1.807, 2.05) is 0 Å². The Morgan fingerprint density at radius 2 is 2.08 bits per heavy atom. The zero-order valence-corrected chi connectivity index (χ0v) is 13.7. The Kier molecular flexibility index (Phi) is 5.03. The average molecular weight is 348 g/mol. The molecule has 134 valence electrons. The number of aliphatic hydroxyl groups excluding tert-OH is 2. The van der Waals surface area contributed by atoms with E-state index in [2.05, 4.69) is 5.32 Å². The van der Waals surface area contributed by atoms with Gasteiger partial charge in [-0.15, -0.1) is 0 Å². The second-order valence-corrected chi connectivity index (χ2v) is 6.00. The maximum atomic E-state index is 12.0. The van der Waals surface area contributed by atoms with Crippen molar-refractivity contribution in [3.05, 3.63) is 47.7 Å². The van der Waals surface area contributed by atoms with Crippen LogP contribution in [0.2, 0.25) is 0 Å². The van der Waals surface area contributed by atoms with Gasteiger partial charge >= 0.3 is 5.97 Å². The number of amides is 1. The van der Waals surface area contributed by atoms with E-state index >= 15 is 0 Å². The molecular weight excluding hydrogens is 328 g/mol. The average Bonchev–Trinajstić information content (AvgIpc) is 2.97. The van der Waals surface area contributed by atoms with Gasteiger partial charge in [-0.3, -0.25) is 4.79 Å². The molecule has 3 rings (SSSR count). The zero-order valence-electron chi connectivity index (χ0n) is 13.7. The Labute approximate surface area is 144 Å². The van der Waals surface area contributed by atoms with Crippen LogP contribution < -0.4 is 5.32 Å². The lowest BCUT2D eigenvalue weighted by atomic mass is 10.1. The normalized spacial score (nSPS) is 29.2. The van der Waals surface area contributed by atoms with Crippen LogP contribution in [-0.2, 0) is 14.3 Å². The number of esters is 1. The van der Waals surface area contributed by atoms with Crippen LogP contribution in [0.3, 0.4) is 0 Å². The number of aliphatic hydroxyl groups is 2. The minimum Gasteiger partial charge on any atom is -0.459 e. The first-order chi connectivity index (χ1) is 12.0. The molecule has 2 aliphatic rings. The fourth-order valence-electron chi connectivity index (χ4n) is 2.76. The van der Waals surface area contributed by atoms with Crippen molar-refractivity contribution in [1.29, 1.82) is 0 Å². The number of nitrogens with one attached hydrogen (secondary N) is 1. The van der Waals surface area contributed by atoms with E-state index in [0.717, 1.165) is 0 Å². The highest BCUT2D eigenvalue weighted by atomic mass is 16.6. The summed E-state index contributed by atoms with van der Waals surface area (Å²) in [5.41, 5.74) is 0.835. The van der Waals surface area contributed by atoms with Gasteiger partial charge in [0.1, 0.15) is 18.9 Å². The topological polar surface area (TPSA) is 108 Å². The van der Waals surface area contributed by atoms with Crippen molar-refractivity contribution >= 4 is 11.9 Å². The van der Waals surface area contributed by atoms with Crippen molar-refractivity contribution in [2.75, 3.05) is 6.61 Å². The number of carbonyl (C=O) groups excluding carboxylic acids is 2. The number of hydrogen-bond acceptors (Lipinski definition) is 7. The Morgan fingerprint density at radius 1 is 1.36 bits per heavy atom. The lowest BCUT2D eigenvalue weighted by molar-refractivity contribution is -0.143. The molecular formula is C17H20N2O6. The van der Waals surface area contributed by atoms with Crippen molar-refractivity contribution in [3.63, 3.8) is 0 Å². The standard InChI is InChI=1S/C17H20N2O6/c1-10-8-19(17(23)18-15(10)21)14-7-12(20)13(25-14)9-24-16(22)11-5-3-2-4-6-11/h2-6,8,12-14,17,20,23H,7,9H2,1H3,(H,18,21)/t12-,13+,14-,17?/m1/s1. The van der Waals surface area contributed by atoms with Crippen molar-refractivity contribution in [1.82, 2.24) is 10.2 Å². The monoisotopic (exact) mass is 348 g/mol. The minimum atomic E-state index is -1.24. The summed E-state index contributed by atoms with van der Waals surface area (Å²) in [4.78, 5) is 24.9. The smallest absolute Gasteiger partial charge is 0.338 e. The second kappa shape index (κ2) is 7.22. The van der Waals surface area contributed by atoms with Crippen LogP contribution in [0, 0.1) is 0 Å². The van der Waals surface area contributed by atoms with E-state index < -0.39 is 30.8 Å². The lowest BCUT2D eigenvalue weighted by Crippen LogP contribution is -2.53. The van der Waals surface area contributed by atoms with Crippen molar-refractivity contribution < 1.29 is 29.3 Å². The third kappa shape index (κ3) is 3.81. The maximum Gasteiger partial charge on any atom is 0.338 e. The van der Waals surface area contributed by atoms with E-state index in [-0.39, 0.29) is 18.9 Å².